The van der Waals surface area contributed by atoms with Crippen molar-refractivity contribution in [3.05, 3.63) is 51.1 Å². The Hall–Kier alpha value is -2.52. The molecule has 0 radical (unpaired) electrons. The lowest BCUT2D eigenvalue weighted by atomic mass is 10.0. The third-order valence-corrected chi connectivity index (χ3v) is 5.40. The number of rotatable bonds is 4. The fraction of sp³-hybridized carbons (Fsp3) is 0.333. The number of benzene rings is 1. The molecule has 9 heteroatoms. The normalized spacial score (nSPS) is 16.7. The van der Waals surface area contributed by atoms with E-state index < -0.39 is 4.92 Å². The second-order valence-corrected chi connectivity index (χ2v) is 6.75. The van der Waals surface area contributed by atoms with Crippen molar-refractivity contribution in [1.82, 2.24) is 19.5 Å². The van der Waals surface area contributed by atoms with Crippen molar-refractivity contribution in [1.29, 1.82) is 0 Å². The fourth-order valence-corrected chi connectivity index (χ4v) is 4.27. The summed E-state index contributed by atoms with van der Waals surface area (Å²) < 4.78 is 1.43. The molecule has 8 nitrogen and oxygen atoms in total. The highest BCUT2D eigenvalue weighted by Crippen LogP contribution is 2.41. The smallest absolute Gasteiger partial charge is 0.269 e. The second kappa shape index (κ2) is 5.84. The van der Waals surface area contributed by atoms with E-state index in [1.54, 1.807) is 12.1 Å². The molecule has 4 rings (SSSR count). The molecule has 0 aliphatic carbocycles. The zero-order chi connectivity index (χ0) is 16.7. The van der Waals surface area contributed by atoms with Crippen molar-refractivity contribution in [2.24, 2.45) is 0 Å². The van der Waals surface area contributed by atoms with Gasteiger partial charge >= 0.3 is 0 Å². The first-order valence-electron chi connectivity index (χ1n) is 7.65. The Balaban J connectivity index is 1.80. The number of non-ortho nitro benzene ring substituents is 1. The van der Waals surface area contributed by atoms with Crippen LogP contribution < -0.4 is 0 Å². The Kier molecular flexibility index (Phi) is 3.66. The van der Waals surface area contributed by atoms with E-state index in [0.717, 1.165) is 36.4 Å². The van der Waals surface area contributed by atoms with Gasteiger partial charge in [0.15, 0.2) is 0 Å². The van der Waals surface area contributed by atoms with E-state index in [0.29, 0.717) is 4.96 Å². The van der Waals surface area contributed by atoms with Crippen LogP contribution in [0.5, 0.6) is 5.88 Å². The lowest BCUT2D eigenvalue weighted by Gasteiger charge is -2.26. The van der Waals surface area contributed by atoms with Gasteiger partial charge in [0.05, 0.1) is 15.8 Å². The van der Waals surface area contributed by atoms with Crippen LogP contribution in [0.2, 0.25) is 0 Å². The minimum atomic E-state index is -0.407. The Morgan fingerprint density at radius 2 is 1.96 bits per heavy atom. The molecule has 0 spiro atoms. The first kappa shape index (κ1) is 15.0. The van der Waals surface area contributed by atoms with E-state index in [1.165, 1.54) is 34.3 Å². The quantitative estimate of drug-likeness (QED) is 0.577. The molecule has 124 valence electrons. The third kappa shape index (κ3) is 2.42. The van der Waals surface area contributed by atoms with Crippen LogP contribution >= 0.6 is 11.3 Å². The van der Waals surface area contributed by atoms with Crippen molar-refractivity contribution in [2.75, 3.05) is 13.1 Å². The van der Waals surface area contributed by atoms with Gasteiger partial charge in [-0.3, -0.25) is 15.0 Å². The first-order valence-corrected chi connectivity index (χ1v) is 8.46. The van der Waals surface area contributed by atoms with Crippen LogP contribution in [0.25, 0.3) is 4.96 Å². The number of nitro benzene ring substituents is 1. The summed E-state index contributed by atoms with van der Waals surface area (Å²) in [4.78, 5) is 18.3. The van der Waals surface area contributed by atoms with E-state index in [2.05, 4.69) is 15.0 Å². The van der Waals surface area contributed by atoms with Gasteiger partial charge in [-0.1, -0.05) is 23.5 Å². The molecule has 1 fully saturated rings. The highest BCUT2D eigenvalue weighted by atomic mass is 32.1. The summed E-state index contributed by atoms with van der Waals surface area (Å²) in [6.07, 6.45) is 3.61. The first-order chi connectivity index (χ1) is 11.6. The molecule has 1 N–H and O–H groups in total. The average Bonchev–Trinajstić information content (AvgIpc) is 3.30. The molecule has 0 bridgehead atoms. The predicted octanol–water partition coefficient (Wildman–Crippen LogP) is 2.59. The number of nitro groups is 1. The fourth-order valence-electron chi connectivity index (χ4n) is 3.18. The van der Waals surface area contributed by atoms with Crippen molar-refractivity contribution < 1.29 is 10.0 Å². The molecule has 1 aliphatic rings. The molecule has 1 unspecified atom stereocenters. The zero-order valence-corrected chi connectivity index (χ0v) is 13.5. The molecule has 1 aliphatic heterocycles. The SMILES string of the molecule is O=[N+]([O-])c1ccc(C(c2sc3ncnn3c2O)N2CCCC2)cc1. The zero-order valence-electron chi connectivity index (χ0n) is 12.7. The lowest BCUT2D eigenvalue weighted by molar-refractivity contribution is -0.384. The average molecular weight is 345 g/mol. The number of aromatic hydroxyl groups is 1. The van der Waals surface area contributed by atoms with Gasteiger partial charge in [-0.25, -0.2) is 4.98 Å². The topological polar surface area (TPSA) is 96.8 Å². The van der Waals surface area contributed by atoms with Gasteiger partial charge in [0.1, 0.15) is 6.33 Å². The maximum atomic E-state index is 10.9. The summed E-state index contributed by atoms with van der Waals surface area (Å²) in [5, 5.41) is 25.5. The molecule has 24 heavy (non-hydrogen) atoms. The molecule has 1 aromatic carbocycles. The number of thiazole rings is 1. The highest BCUT2D eigenvalue weighted by molar-refractivity contribution is 7.17. The van der Waals surface area contributed by atoms with Gasteiger partial charge in [0.2, 0.25) is 10.8 Å². The third-order valence-electron chi connectivity index (χ3n) is 4.31. The Labute approximate surface area is 141 Å². The van der Waals surface area contributed by atoms with Crippen molar-refractivity contribution in [3.63, 3.8) is 0 Å². The maximum Gasteiger partial charge on any atom is 0.269 e. The Bertz CT molecular complexity index is 882. The number of aromatic nitrogens is 3. The van der Waals surface area contributed by atoms with Crippen molar-refractivity contribution in [3.8, 4) is 5.88 Å². The summed E-state index contributed by atoms with van der Waals surface area (Å²) in [6.45, 7) is 1.85. The van der Waals surface area contributed by atoms with Crippen LogP contribution in [0.15, 0.2) is 30.6 Å². The van der Waals surface area contributed by atoms with Gasteiger partial charge in [-0.15, -0.1) is 0 Å². The summed E-state index contributed by atoms with van der Waals surface area (Å²) in [7, 11) is 0. The molecular formula is C15H15N5O3S. The molecule has 1 atom stereocenters. The second-order valence-electron chi connectivity index (χ2n) is 5.74. The standard InChI is InChI=1S/C15H15N5O3S/c21-14-13(24-15-16-9-17-19(14)15)12(18-7-1-2-8-18)10-3-5-11(6-4-10)20(22)23/h3-6,9,12,21H,1-2,7-8H2. The van der Waals surface area contributed by atoms with Crippen molar-refractivity contribution >= 4 is 22.0 Å². The molecule has 3 aromatic rings. The Morgan fingerprint density at radius 1 is 1.25 bits per heavy atom. The van der Waals surface area contributed by atoms with Gasteiger partial charge in [0.25, 0.3) is 5.69 Å². The maximum absolute atomic E-state index is 10.9. The molecule has 3 heterocycles. The number of hydrogen-bond acceptors (Lipinski definition) is 7. The summed E-state index contributed by atoms with van der Waals surface area (Å²) in [5.41, 5.74) is 0.980. The van der Waals surface area contributed by atoms with Gasteiger partial charge < -0.3 is 5.11 Å². The Morgan fingerprint density at radius 3 is 2.58 bits per heavy atom. The van der Waals surface area contributed by atoms with E-state index in [1.807, 2.05) is 0 Å². The van der Waals surface area contributed by atoms with Crippen LogP contribution in [0, 0.1) is 10.1 Å². The van der Waals surface area contributed by atoms with Crippen LogP contribution in [0.3, 0.4) is 0 Å². The van der Waals surface area contributed by atoms with E-state index in [4.69, 9.17) is 0 Å². The largest absolute Gasteiger partial charge is 0.492 e. The highest BCUT2D eigenvalue weighted by Gasteiger charge is 2.31. The molecule has 1 saturated heterocycles. The number of hydrogen-bond donors (Lipinski definition) is 1. The van der Waals surface area contributed by atoms with Crippen LogP contribution in [-0.2, 0) is 0 Å². The molecular weight excluding hydrogens is 330 g/mol. The van der Waals surface area contributed by atoms with Gasteiger partial charge in [-0.2, -0.15) is 9.61 Å². The number of likely N-dealkylation sites (tertiary alicyclic amines) is 1. The summed E-state index contributed by atoms with van der Waals surface area (Å²) in [5.74, 6) is 0.0859. The van der Waals surface area contributed by atoms with E-state index >= 15 is 0 Å². The molecule has 0 amide bonds. The lowest BCUT2D eigenvalue weighted by Crippen LogP contribution is -2.26. The minimum absolute atomic E-state index is 0.0609. The predicted molar refractivity (Wildman–Crippen MR) is 88.3 cm³/mol. The van der Waals surface area contributed by atoms with Crippen LogP contribution in [0.1, 0.15) is 29.3 Å². The van der Waals surface area contributed by atoms with E-state index in [-0.39, 0.29) is 17.6 Å². The summed E-state index contributed by atoms with van der Waals surface area (Å²) in [6, 6.07) is 6.38. The molecule has 0 saturated carbocycles. The molecule has 2 aromatic heterocycles. The summed E-state index contributed by atoms with van der Waals surface area (Å²) >= 11 is 1.39. The van der Waals surface area contributed by atoms with E-state index in [9.17, 15) is 15.2 Å². The van der Waals surface area contributed by atoms with Crippen LogP contribution in [-0.4, -0.2) is 42.6 Å². The monoisotopic (exact) mass is 345 g/mol. The van der Waals surface area contributed by atoms with Gasteiger partial charge in [-0.05, 0) is 31.5 Å². The number of fused-ring (bicyclic) bond motifs is 1. The van der Waals surface area contributed by atoms with Crippen molar-refractivity contribution in [2.45, 2.75) is 18.9 Å². The van der Waals surface area contributed by atoms with Crippen LogP contribution in [0.4, 0.5) is 5.69 Å². The minimum Gasteiger partial charge on any atom is -0.492 e. The van der Waals surface area contributed by atoms with Gasteiger partial charge in [0, 0.05) is 12.1 Å². The number of nitrogens with zero attached hydrogens (tertiary/aromatic N) is 5.